The molecule has 0 unspecified atom stereocenters. The Bertz CT molecular complexity index is 604. The molecule has 2 aliphatic rings. The van der Waals surface area contributed by atoms with Crippen molar-refractivity contribution in [2.45, 2.75) is 26.3 Å². The third-order valence-electron chi connectivity index (χ3n) is 4.93. The maximum absolute atomic E-state index is 11.8. The highest BCUT2D eigenvalue weighted by atomic mass is 16.5. The SMILES string of the molecule is COCC(=O)N1CC2(CN(Cc3ccc(C(C)C)nc3OC)C2)C1. The smallest absolute Gasteiger partial charge is 0.248 e. The van der Waals surface area contributed by atoms with Gasteiger partial charge >= 0.3 is 0 Å². The van der Waals surface area contributed by atoms with Crippen LogP contribution in [0.5, 0.6) is 5.88 Å². The lowest BCUT2D eigenvalue weighted by Crippen LogP contribution is -2.72. The molecule has 2 aliphatic heterocycles. The van der Waals surface area contributed by atoms with Crippen LogP contribution in [0.25, 0.3) is 0 Å². The van der Waals surface area contributed by atoms with Crippen LogP contribution < -0.4 is 4.74 Å². The van der Waals surface area contributed by atoms with E-state index in [1.165, 1.54) is 0 Å². The molecular weight excluding hydrogens is 306 g/mol. The van der Waals surface area contributed by atoms with Crippen molar-refractivity contribution < 1.29 is 14.3 Å². The molecule has 1 aromatic rings. The van der Waals surface area contributed by atoms with E-state index in [0.29, 0.717) is 11.3 Å². The Balaban J connectivity index is 1.52. The summed E-state index contributed by atoms with van der Waals surface area (Å²) in [5.41, 5.74) is 2.48. The first kappa shape index (κ1) is 17.2. The second-order valence-corrected chi connectivity index (χ2v) is 7.39. The first-order chi connectivity index (χ1) is 11.5. The Morgan fingerprint density at radius 1 is 1.25 bits per heavy atom. The summed E-state index contributed by atoms with van der Waals surface area (Å²) >= 11 is 0. The standard InChI is InChI=1S/C18H27N3O3/c1-13(2)15-6-5-14(17(19-15)24-4)7-20-9-18(10-20)11-21(12-18)16(22)8-23-3/h5-6,13H,7-12H2,1-4H3. The highest BCUT2D eigenvalue weighted by Crippen LogP contribution is 2.40. The molecule has 24 heavy (non-hydrogen) atoms. The number of hydrogen-bond acceptors (Lipinski definition) is 5. The number of aromatic nitrogens is 1. The molecule has 3 rings (SSSR count). The number of hydrogen-bond donors (Lipinski definition) is 0. The molecule has 0 aromatic carbocycles. The van der Waals surface area contributed by atoms with Crippen LogP contribution in [-0.4, -0.2) is 67.7 Å². The van der Waals surface area contributed by atoms with Crippen LogP contribution in [0.1, 0.15) is 31.0 Å². The maximum atomic E-state index is 11.8. The molecule has 2 saturated heterocycles. The van der Waals surface area contributed by atoms with Gasteiger partial charge in [0.05, 0.1) is 7.11 Å². The maximum Gasteiger partial charge on any atom is 0.248 e. The minimum Gasteiger partial charge on any atom is -0.481 e. The number of amides is 1. The Kier molecular flexibility index (Phi) is 4.78. The second-order valence-electron chi connectivity index (χ2n) is 7.39. The number of carbonyl (C=O) groups is 1. The van der Waals surface area contributed by atoms with Gasteiger partial charge in [-0.2, -0.15) is 0 Å². The molecule has 1 spiro atoms. The number of likely N-dealkylation sites (tertiary alicyclic amines) is 2. The summed E-state index contributed by atoms with van der Waals surface area (Å²) < 4.78 is 10.4. The van der Waals surface area contributed by atoms with Crippen molar-refractivity contribution in [3.63, 3.8) is 0 Å². The molecule has 6 nitrogen and oxygen atoms in total. The van der Waals surface area contributed by atoms with Crippen LogP contribution in [0.3, 0.4) is 0 Å². The first-order valence-electron chi connectivity index (χ1n) is 8.49. The van der Waals surface area contributed by atoms with Gasteiger partial charge < -0.3 is 14.4 Å². The molecule has 0 aliphatic carbocycles. The van der Waals surface area contributed by atoms with Crippen LogP contribution in [0, 0.1) is 5.41 Å². The van der Waals surface area contributed by atoms with E-state index in [2.05, 4.69) is 35.9 Å². The van der Waals surface area contributed by atoms with E-state index >= 15 is 0 Å². The number of carbonyl (C=O) groups excluding carboxylic acids is 1. The Morgan fingerprint density at radius 2 is 1.96 bits per heavy atom. The summed E-state index contributed by atoms with van der Waals surface area (Å²) in [4.78, 5) is 20.7. The van der Waals surface area contributed by atoms with Gasteiger partial charge in [0, 0.05) is 56.5 Å². The van der Waals surface area contributed by atoms with Crippen molar-refractivity contribution in [3.05, 3.63) is 23.4 Å². The average molecular weight is 333 g/mol. The fraction of sp³-hybridized carbons (Fsp3) is 0.667. The van der Waals surface area contributed by atoms with Gasteiger partial charge in [0.25, 0.3) is 0 Å². The zero-order valence-electron chi connectivity index (χ0n) is 15.0. The molecule has 0 bridgehead atoms. The molecule has 3 heterocycles. The summed E-state index contributed by atoms with van der Waals surface area (Å²) in [6, 6.07) is 4.22. The molecule has 6 heteroatoms. The predicted octanol–water partition coefficient (Wildman–Crippen LogP) is 1.50. The van der Waals surface area contributed by atoms with Crippen LogP contribution >= 0.6 is 0 Å². The zero-order valence-corrected chi connectivity index (χ0v) is 15.0. The lowest BCUT2D eigenvalue weighted by Gasteiger charge is -2.60. The second kappa shape index (κ2) is 6.69. The number of nitrogens with zero attached hydrogens (tertiary/aromatic N) is 3. The number of pyridine rings is 1. The lowest BCUT2D eigenvalue weighted by molar-refractivity contribution is -0.163. The van der Waals surface area contributed by atoms with Gasteiger partial charge in [-0.1, -0.05) is 19.9 Å². The molecule has 1 amide bonds. The van der Waals surface area contributed by atoms with Gasteiger partial charge in [-0.3, -0.25) is 9.69 Å². The van der Waals surface area contributed by atoms with E-state index in [4.69, 9.17) is 9.47 Å². The third-order valence-corrected chi connectivity index (χ3v) is 4.93. The van der Waals surface area contributed by atoms with E-state index in [1.54, 1.807) is 14.2 Å². The van der Waals surface area contributed by atoms with Crippen molar-refractivity contribution in [1.82, 2.24) is 14.8 Å². The summed E-state index contributed by atoms with van der Waals surface area (Å²) in [5.74, 6) is 1.22. The monoisotopic (exact) mass is 333 g/mol. The molecule has 0 saturated carbocycles. The molecule has 2 fully saturated rings. The first-order valence-corrected chi connectivity index (χ1v) is 8.49. The van der Waals surface area contributed by atoms with Gasteiger partial charge in [0.2, 0.25) is 11.8 Å². The fourth-order valence-electron chi connectivity index (χ4n) is 3.71. The van der Waals surface area contributed by atoms with Crippen molar-refractivity contribution in [3.8, 4) is 5.88 Å². The van der Waals surface area contributed by atoms with E-state index in [9.17, 15) is 4.79 Å². The van der Waals surface area contributed by atoms with Crippen molar-refractivity contribution in [1.29, 1.82) is 0 Å². The van der Waals surface area contributed by atoms with E-state index in [0.717, 1.165) is 49.9 Å². The highest BCUT2D eigenvalue weighted by molar-refractivity contribution is 5.78. The Morgan fingerprint density at radius 3 is 2.54 bits per heavy atom. The molecular formula is C18H27N3O3. The minimum absolute atomic E-state index is 0.0942. The minimum atomic E-state index is 0.0942. The molecule has 1 aromatic heterocycles. The zero-order chi connectivity index (χ0) is 17.3. The van der Waals surface area contributed by atoms with Gasteiger partial charge in [-0.05, 0) is 12.0 Å². The van der Waals surface area contributed by atoms with E-state index in [1.807, 2.05) is 4.90 Å². The van der Waals surface area contributed by atoms with Crippen LogP contribution in [0.2, 0.25) is 0 Å². The summed E-state index contributed by atoms with van der Waals surface area (Å²) in [6.07, 6.45) is 0. The summed E-state index contributed by atoms with van der Waals surface area (Å²) in [7, 11) is 3.24. The molecule has 0 N–H and O–H groups in total. The van der Waals surface area contributed by atoms with E-state index < -0.39 is 0 Å². The van der Waals surface area contributed by atoms with Gasteiger partial charge in [0.15, 0.2) is 0 Å². The number of methoxy groups -OCH3 is 2. The quantitative estimate of drug-likeness (QED) is 0.790. The molecule has 132 valence electrons. The lowest BCUT2D eigenvalue weighted by atomic mass is 9.72. The highest BCUT2D eigenvalue weighted by Gasteiger charge is 2.52. The number of rotatable bonds is 6. The summed E-state index contributed by atoms with van der Waals surface area (Å²) in [5, 5.41) is 0. The fourth-order valence-corrected chi connectivity index (χ4v) is 3.71. The average Bonchev–Trinajstić information content (AvgIpc) is 2.48. The third kappa shape index (κ3) is 3.26. The summed E-state index contributed by atoms with van der Waals surface area (Å²) in [6.45, 7) is 9.06. The topological polar surface area (TPSA) is 54.9 Å². The van der Waals surface area contributed by atoms with Crippen molar-refractivity contribution >= 4 is 5.91 Å². The van der Waals surface area contributed by atoms with Crippen molar-refractivity contribution in [2.24, 2.45) is 5.41 Å². The predicted molar refractivity (Wildman–Crippen MR) is 91.0 cm³/mol. The molecule has 0 atom stereocenters. The van der Waals surface area contributed by atoms with E-state index in [-0.39, 0.29) is 12.5 Å². The Hall–Kier alpha value is -1.66. The van der Waals surface area contributed by atoms with Crippen LogP contribution in [0.15, 0.2) is 12.1 Å². The van der Waals surface area contributed by atoms with Crippen LogP contribution in [0.4, 0.5) is 0 Å². The van der Waals surface area contributed by atoms with Gasteiger partial charge in [-0.25, -0.2) is 4.98 Å². The molecule has 0 radical (unpaired) electrons. The Labute approximate surface area is 143 Å². The van der Waals surface area contributed by atoms with Gasteiger partial charge in [0.1, 0.15) is 6.61 Å². The van der Waals surface area contributed by atoms with Gasteiger partial charge in [-0.15, -0.1) is 0 Å². The van der Waals surface area contributed by atoms with Crippen molar-refractivity contribution in [2.75, 3.05) is 47.0 Å². The van der Waals surface area contributed by atoms with Crippen LogP contribution in [-0.2, 0) is 16.1 Å². The normalized spacial score (nSPS) is 19.3. The number of ether oxygens (including phenoxy) is 2. The largest absolute Gasteiger partial charge is 0.481 e.